The minimum atomic E-state index is -0.990. The van der Waals surface area contributed by atoms with Gasteiger partial charge < -0.3 is 15.7 Å². The van der Waals surface area contributed by atoms with E-state index in [1.54, 1.807) is 13.8 Å². The summed E-state index contributed by atoms with van der Waals surface area (Å²) in [4.78, 5) is 22.9. The highest BCUT2D eigenvalue weighted by atomic mass is 16.4. The molecule has 4 unspecified atom stereocenters. The normalized spacial score (nSPS) is 28.8. The molecule has 0 heterocycles. The highest BCUT2D eigenvalue weighted by Gasteiger charge is 2.28. The van der Waals surface area contributed by atoms with Crippen LogP contribution in [0.3, 0.4) is 0 Å². The smallest absolute Gasteiger partial charge is 0.326 e. The molecule has 0 spiro atoms. The van der Waals surface area contributed by atoms with Crippen LogP contribution in [0.15, 0.2) is 0 Å². The van der Waals surface area contributed by atoms with Gasteiger partial charge in [0.15, 0.2) is 0 Å². The van der Waals surface area contributed by atoms with E-state index in [1.807, 2.05) is 0 Å². The molecular weight excluding hydrogens is 244 g/mol. The van der Waals surface area contributed by atoms with Crippen LogP contribution < -0.4 is 10.6 Å². The van der Waals surface area contributed by atoms with Crippen molar-refractivity contribution in [3.63, 3.8) is 0 Å². The van der Waals surface area contributed by atoms with Crippen LogP contribution >= 0.6 is 0 Å². The molecule has 4 atom stereocenters. The highest BCUT2D eigenvalue weighted by Crippen LogP contribution is 2.28. The van der Waals surface area contributed by atoms with E-state index in [-0.39, 0.29) is 18.0 Å². The van der Waals surface area contributed by atoms with Crippen LogP contribution in [0.25, 0.3) is 0 Å². The lowest BCUT2D eigenvalue weighted by molar-refractivity contribution is -0.140. The predicted molar refractivity (Wildman–Crippen MR) is 73.9 cm³/mol. The van der Waals surface area contributed by atoms with Gasteiger partial charge in [-0.1, -0.05) is 27.7 Å². The first-order chi connectivity index (χ1) is 8.81. The largest absolute Gasteiger partial charge is 0.480 e. The van der Waals surface area contributed by atoms with Gasteiger partial charge in [-0.05, 0) is 37.0 Å². The molecule has 5 heteroatoms. The zero-order valence-corrected chi connectivity index (χ0v) is 12.3. The van der Waals surface area contributed by atoms with Gasteiger partial charge in [-0.25, -0.2) is 9.59 Å². The summed E-state index contributed by atoms with van der Waals surface area (Å²) in [5.74, 6) is 0.0258. The fourth-order valence-electron chi connectivity index (χ4n) is 2.74. The molecule has 0 aliphatic heterocycles. The first kappa shape index (κ1) is 15.8. The molecule has 1 rings (SSSR count). The molecule has 1 fully saturated rings. The molecule has 2 amide bonds. The number of nitrogens with one attached hydrogen (secondary N) is 2. The van der Waals surface area contributed by atoms with Gasteiger partial charge in [0.25, 0.3) is 0 Å². The number of rotatable bonds is 4. The van der Waals surface area contributed by atoms with Crippen LogP contribution in [-0.4, -0.2) is 29.2 Å². The second-order valence-electron chi connectivity index (χ2n) is 6.18. The third-order valence-corrected chi connectivity index (χ3v) is 3.97. The SMILES string of the molecule is CC1CCC(NC(=O)NC(C(=O)O)C(C)C)C(C)C1. The van der Waals surface area contributed by atoms with E-state index in [0.29, 0.717) is 11.8 Å². The standard InChI is InChI=1S/C14H26N2O3/c1-8(2)12(13(17)18)16-14(19)15-11-6-5-9(3)7-10(11)4/h8-12H,5-7H2,1-4H3,(H,17,18)(H2,15,16,19). The zero-order chi connectivity index (χ0) is 14.6. The Morgan fingerprint density at radius 2 is 1.84 bits per heavy atom. The first-order valence-electron chi connectivity index (χ1n) is 7.11. The van der Waals surface area contributed by atoms with Crippen molar-refractivity contribution in [2.45, 2.75) is 59.0 Å². The molecule has 110 valence electrons. The molecule has 0 aromatic heterocycles. The second kappa shape index (κ2) is 6.78. The number of carboxylic acid groups (broad SMARTS) is 1. The van der Waals surface area contributed by atoms with Crippen molar-refractivity contribution in [3.8, 4) is 0 Å². The van der Waals surface area contributed by atoms with E-state index in [4.69, 9.17) is 5.11 Å². The summed E-state index contributed by atoms with van der Waals surface area (Å²) >= 11 is 0. The molecule has 0 saturated heterocycles. The summed E-state index contributed by atoms with van der Waals surface area (Å²) in [6, 6.07) is -1.05. The lowest BCUT2D eigenvalue weighted by Gasteiger charge is -2.33. The van der Waals surface area contributed by atoms with Crippen LogP contribution in [0.2, 0.25) is 0 Å². The average molecular weight is 270 g/mol. The van der Waals surface area contributed by atoms with E-state index >= 15 is 0 Å². The quantitative estimate of drug-likeness (QED) is 0.733. The summed E-state index contributed by atoms with van der Waals surface area (Å²) in [6.45, 7) is 7.93. The van der Waals surface area contributed by atoms with Gasteiger partial charge in [0.05, 0.1) is 0 Å². The molecule has 0 bridgehead atoms. The Labute approximate surface area is 115 Å². The van der Waals surface area contributed by atoms with Crippen LogP contribution in [0.4, 0.5) is 4.79 Å². The average Bonchev–Trinajstić information content (AvgIpc) is 2.29. The number of carboxylic acids is 1. The number of amides is 2. The van der Waals surface area contributed by atoms with E-state index in [1.165, 1.54) is 0 Å². The van der Waals surface area contributed by atoms with Crippen molar-refractivity contribution in [1.29, 1.82) is 0 Å². The van der Waals surface area contributed by atoms with Gasteiger partial charge in [0, 0.05) is 6.04 Å². The van der Waals surface area contributed by atoms with Crippen molar-refractivity contribution >= 4 is 12.0 Å². The minimum absolute atomic E-state index is 0.132. The number of hydrogen-bond donors (Lipinski definition) is 3. The van der Waals surface area contributed by atoms with Crippen molar-refractivity contribution in [2.75, 3.05) is 0 Å². The number of carbonyl (C=O) groups is 2. The summed E-state index contributed by atoms with van der Waals surface area (Å²) in [7, 11) is 0. The molecule has 0 radical (unpaired) electrons. The maximum absolute atomic E-state index is 11.9. The summed E-state index contributed by atoms with van der Waals surface area (Å²) in [5.41, 5.74) is 0. The van der Waals surface area contributed by atoms with Gasteiger partial charge in [-0.15, -0.1) is 0 Å². The van der Waals surface area contributed by atoms with Gasteiger partial charge in [-0.2, -0.15) is 0 Å². The minimum Gasteiger partial charge on any atom is -0.480 e. The molecule has 1 saturated carbocycles. The summed E-state index contributed by atoms with van der Waals surface area (Å²) in [5, 5.41) is 14.5. The molecular formula is C14H26N2O3. The molecule has 0 aromatic carbocycles. The Hall–Kier alpha value is -1.26. The summed E-state index contributed by atoms with van der Waals surface area (Å²) in [6.07, 6.45) is 3.19. The second-order valence-corrected chi connectivity index (χ2v) is 6.18. The molecule has 0 aromatic rings. The number of urea groups is 1. The fourth-order valence-corrected chi connectivity index (χ4v) is 2.74. The Morgan fingerprint density at radius 3 is 2.32 bits per heavy atom. The highest BCUT2D eigenvalue weighted by molar-refractivity contribution is 5.82. The van der Waals surface area contributed by atoms with E-state index in [2.05, 4.69) is 24.5 Å². The lowest BCUT2D eigenvalue weighted by atomic mass is 9.80. The summed E-state index contributed by atoms with van der Waals surface area (Å²) < 4.78 is 0. The first-order valence-corrected chi connectivity index (χ1v) is 7.11. The maximum atomic E-state index is 11.9. The Morgan fingerprint density at radius 1 is 1.21 bits per heavy atom. The lowest BCUT2D eigenvalue weighted by Crippen LogP contribution is -2.53. The van der Waals surface area contributed by atoms with Gasteiger partial charge >= 0.3 is 12.0 Å². The van der Waals surface area contributed by atoms with Crippen LogP contribution in [0, 0.1) is 17.8 Å². The predicted octanol–water partition coefficient (Wildman–Crippen LogP) is 2.22. The van der Waals surface area contributed by atoms with Crippen molar-refractivity contribution in [3.05, 3.63) is 0 Å². The third-order valence-electron chi connectivity index (χ3n) is 3.97. The van der Waals surface area contributed by atoms with Gasteiger partial charge in [0.1, 0.15) is 6.04 Å². The Bertz CT molecular complexity index is 331. The van der Waals surface area contributed by atoms with E-state index < -0.39 is 12.0 Å². The topological polar surface area (TPSA) is 78.4 Å². The van der Waals surface area contributed by atoms with Crippen molar-refractivity contribution in [1.82, 2.24) is 10.6 Å². The molecule has 1 aliphatic carbocycles. The monoisotopic (exact) mass is 270 g/mol. The van der Waals surface area contributed by atoms with E-state index in [0.717, 1.165) is 19.3 Å². The molecule has 3 N–H and O–H groups in total. The third kappa shape index (κ3) is 4.73. The number of carbonyl (C=O) groups excluding carboxylic acids is 1. The molecule has 1 aliphatic rings. The number of hydrogen-bond acceptors (Lipinski definition) is 2. The molecule has 19 heavy (non-hydrogen) atoms. The van der Waals surface area contributed by atoms with E-state index in [9.17, 15) is 9.59 Å². The zero-order valence-electron chi connectivity index (χ0n) is 12.3. The van der Waals surface area contributed by atoms with Crippen LogP contribution in [0.1, 0.15) is 47.0 Å². The Kier molecular flexibility index (Phi) is 5.63. The van der Waals surface area contributed by atoms with Crippen LogP contribution in [-0.2, 0) is 4.79 Å². The van der Waals surface area contributed by atoms with Crippen molar-refractivity contribution in [2.24, 2.45) is 17.8 Å². The number of aliphatic carboxylic acids is 1. The van der Waals surface area contributed by atoms with Gasteiger partial charge in [0.2, 0.25) is 0 Å². The molecule has 5 nitrogen and oxygen atoms in total. The Balaban J connectivity index is 2.48. The fraction of sp³-hybridized carbons (Fsp3) is 0.857. The van der Waals surface area contributed by atoms with Crippen molar-refractivity contribution < 1.29 is 14.7 Å². The van der Waals surface area contributed by atoms with Crippen LogP contribution in [0.5, 0.6) is 0 Å². The van der Waals surface area contributed by atoms with Gasteiger partial charge in [-0.3, -0.25) is 0 Å². The maximum Gasteiger partial charge on any atom is 0.326 e.